The molecule has 0 aromatic carbocycles. The van der Waals surface area contributed by atoms with E-state index < -0.39 is 198 Å². The molecular weight excluding hydrogens is 852 g/mol. The Morgan fingerprint density at radius 2 is 0.790 bits per heavy atom. The summed E-state index contributed by atoms with van der Waals surface area (Å²) in [6.45, 7) is 1.51. The first-order valence-electron chi connectivity index (χ1n) is 20.1. The quantitative estimate of drug-likeness (QED) is 0.0864. The highest BCUT2D eigenvalue weighted by molar-refractivity contribution is 4.99. The van der Waals surface area contributed by atoms with Gasteiger partial charge in [0.1, 0.15) is 122 Å². The van der Waals surface area contributed by atoms with Crippen LogP contribution in [0.2, 0.25) is 0 Å². The number of hydrogen-bond donors (Lipinski definition) is 16. The lowest BCUT2D eigenvalue weighted by Crippen LogP contribution is -2.68. The average molecular weight is 913 g/mol. The highest BCUT2D eigenvalue weighted by atomic mass is 16.8. The molecule has 0 unspecified atom stereocenters. The van der Waals surface area contributed by atoms with E-state index in [1.165, 1.54) is 20.8 Å². The van der Waals surface area contributed by atoms with Gasteiger partial charge in [0, 0.05) is 0 Å². The molecule has 0 saturated carbocycles. The molecule has 27 heteroatoms. The van der Waals surface area contributed by atoms with Crippen LogP contribution in [0.25, 0.3) is 0 Å². The van der Waals surface area contributed by atoms with Crippen LogP contribution >= 0.6 is 0 Å². The first kappa shape index (κ1) is 50.3. The summed E-state index contributed by atoms with van der Waals surface area (Å²) in [7, 11) is 0. The molecule has 362 valence electrons. The van der Waals surface area contributed by atoms with Gasteiger partial charge in [0.05, 0.1) is 38.1 Å². The van der Waals surface area contributed by atoms with E-state index in [1.807, 2.05) is 0 Å². The van der Waals surface area contributed by atoms with Gasteiger partial charge in [-0.05, 0) is 20.8 Å². The third-order valence-corrected chi connectivity index (χ3v) is 11.9. The number of hydrogen-bond acceptors (Lipinski definition) is 27. The predicted molar refractivity (Wildman–Crippen MR) is 189 cm³/mol. The molecule has 62 heavy (non-hydrogen) atoms. The Morgan fingerprint density at radius 1 is 0.355 bits per heavy atom. The van der Waals surface area contributed by atoms with Gasteiger partial charge in [0.15, 0.2) is 37.7 Å². The van der Waals surface area contributed by atoms with Gasteiger partial charge >= 0.3 is 0 Å². The Kier molecular flexibility index (Phi) is 16.9. The minimum atomic E-state index is -2.08. The molecule has 6 rings (SSSR count). The lowest BCUT2D eigenvalue weighted by molar-refractivity contribution is -0.405. The first-order valence-corrected chi connectivity index (χ1v) is 20.1. The van der Waals surface area contributed by atoms with Gasteiger partial charge in [0.25, 0.3) is 0 Å². The molecule has 6 heterocycles. The van der Waals surface area contributed by atoms with Crippen molar-refractivity contribution in [3.63, 3.8) is 0 Å². The molecule has 6 aliphatic heterocycles. The Hall–Kier alpha value is -1.08. The Labute approximate surface area is 352 Å². The first-order chi connectivity index (χ1) is 29.2. The van der Waals surface area contributed by atoms with Gasteiger partial charge in [-0.25, -0.2) is 0 Å². The summed E-state index contributed by atoms with van der Waals surface area (Å²) in [5.41, 5.74) is 0. The van der Waals surface area contributed by atoms with E-state index in [1.54, 1.807) is 0 Å². The lowest BCUT2D eigenvalue weighted by Gasteiger charge is -2.50. The predicted octanol–water partition coefficient (Wildman–Crippen LogP) is -10.4. The normalized spacial score (nSPS) is 55.5. The zero-order valence-electron chi connectivity index (χ0n) is 33.5. The molecular formula is C35H60O27. The van der Waals surface area contributed by atoms with Crippen LogP contribution in [-0.2, 0) is 52.1 Å². The lowest BCUT2D eigenvalue weighted by atomic mass is 9.96. The second kappa shape index (κ2) is 20.8. The van der Waals surface area contributed by atoms with Crippen LogP contribution in [-0.4, -0.2) is 280 Å². The fraction of sp³-hybridized carbons (Fsp3) is 1.00. The third kappa shape index (κ3) is 10.1. The fourth-order valence-electron chi connectivity index (χ4n) is 8.00. The van der Waals surface area contributed by atoms with Gasteiger partial charge in [-0.3, -0.25) is 0 Å². The molecule has 29 atom stereocenters. The van der Waals surface area contributed by atoms with Crippen LogP contribution in [0.5, 0.6) is 0 Å². The van der Waals surface area contributed by atoms with Crippen molar-refractivity contribution in [2.24, 2.45) is 0 Å². The molecule has 16 N–H and O–H groups in total. The molecule has 0 bridgehead atoms. The summed E-state index contributed by atoms with van der Waals surface area (Å²) in [5.74, 6) is 0. The fourth-order valence-corrected chi connectivity index (χ4v) is 8.00. The molecule has 6 fully saturated rings. The molecule has 27 nitrogen and oxygen atoms in total. The highest BCUT2D eigenvalue weighted by Crippen LogP contribution is 2.37. The number of ether oxygens (including phenoxy) is 11. The van der Waals surface area contributed by atoms with Gasteiger partial charge in [-0.2, -0.15) is 0 Å². The van der Waals surface area contributed by atoms with E-state index in [4.69, 9.17) is 52.1 Å². The van der Waals surface area contributed by atoms with Crippen molar-refractivity contribution in [1.29, 1.82) is 0 Å². The molecule has 6 aliphatic rings. The number of aliphatic hydroxyl groups excluding tert-OH is 16. The van der Waals surface area contributed by atoms with E-state index in [0.29, 0.717) is 0 Å². The molecule has 0 aliphatic carbocycles. The maximum atomic E-state index is 11.9. The van der Waals surface area contributed by atoms with Crippen molar-refractivity contribution in [2.45, 2.75) is 199 Å². The van der Waals surface area contributed by atoms with Crippen molar-refractivity contribution in [2.75, 3.05) is 19.8 Å². The van der Waals surface area contributed by atoms with Crippen LogP contribution in [0, 0.1) is 0 Å². The summed E-state index contributed by atoms with van der Waals surface area (Å²) in [4.78, 5) is 0. The number of aliphatic hydroxyl groups is 16. The molecule has 0 radical (unpaired) electrons. The zero-order valence-corrected chi connectivity index (χ0v) is 33.5. The van der Waals surface area contributed by atoms with Crippen molar-refractivity contribution in [1.82, 2.24) is 0 Å². The van der Waals surface area contributed by atoms with E-state index in [9.17, 15) is 81.7 Å². The van der Waals surface area contributed by atoms with Gasteiger partial charge in [-0.15, -0.1) is 0 Å². The highest BCUT2D eigenvalue weighted by Gasteiger charge is 2.57. The summed E-state index contributed by atoms with van der Waals surface area (Å²) in [6.07, 6.45) is -50.7. The summed E-state index contributed by atoms with van der Waals surface area (Å²) >= 11 is 0. The second-order valence-corrected chi connectivity index (χ2v) is 16.3. The van der Waals surface area contributed by atoms with Crippen LogP contribution in [0.4, 0.5) is 0 Å². The summed E-state index contributed by atoms with van der Waals surface area (Å²) < 4.78 is 62.9. The minimum absolute atomic E-state index is 0.688. The van der Waals surface area contributed by atoms with Gasteiger partial charge in [0.2, 0.25) is 0 Å². The SMILES string of the molecule is C[C@H]1O[C@@H](O[C@H]2[C@H](O[C@@H]3CO[C@@H](O[C@@H]4[C@@H](O)[C@H](O)O[C@H](C)[C@H]4O)[C@H](O[C@@H]4O[C@H](C)[C@@H](O)[C@H](O)[C@H]4O)[C@H]3O)O[C@H](CO)[C@@H](O[C@@H]3O[C@H](CO)[C@H](O)[C@H](O)[C@H]3O)[C@@H]2O)[C@H](O)[C@@H](O)[C@H]1O. The average Bonchev–Trinajstić information content (AvgIpc) is 3.24. The smallest absolute Gasteiger partial charge is 0.187 e. The topological polar surface area (TPSA) is 425 Å². The van der Waals surface area contributed by atoms with E-state index >= 15 is 0 Å². The van der Waals surface area contributed by atoms with Crippen LogP contribution in [0.1, 0.15) is 20.8 Å². The molecule has 6 saturated heterocycles. The standard InChI is InChI=1S/C35H60O27/c1-7-13(38)18(43)21(46)31(54-7)61-28-17(42)12(6-52-34(28)60-27-15(40)9(3)53-30(51)25(27)50)58-35-29(62-32-22(47)19(44)14(39)8(2)55-32)24(49)26(11(5-37)57-35)59-33-23(48)20(45)16(41)10(4-36)56-33/h7-51H,4-6H2,1-3H3/t7-,8-,9-,10-,11-,12-,13-,14+,15-,16+,17+,18+,19+,20+,21-,22-,23-,24+,25-,26-,27+,28-,29-,30-,31+,32+,33+,34+,35+/m1/s1. The Bertz CT molecular complexity index is 1390. The summed E-state index contributed by atoms with van der Waals surface area (Å²) in [5, 5.41) is 170. The van der Waals surface area contributed by atoms with E-state index in [-0.39, 0.29) is 0 Å². The van der Waals surface area contributed by atoms with Crippen LogP contribution < -0.4 is 0 Å². The third-order valence-electron chi connectivity index (χ3n) is 11.9. The molecule has 0 spiro atoms. The van der Waals surface area contributed by atoms with Crippen molar-refractivity contribution >= 4 is 0 Å². The van der Waals surface area contributed by atoms with Crippen molar-refractivity contribution in [3.05, 3.63) is 0 Å². The Balaban J connectivity index is 1.28. The monoisotopic (exact) mass is 912 g/mol. The zero-order chi connectivity index (χ0) is 45.6. The Morgan fingerprint density at radius 3 is 1.32 bits per heavy atom. The molecule has 0 aromatic heterocycles. The molecule has 0 aromatic rings. The van der Waals surface area contributed by atoms with Gasteiger partial charge in [-0.1, -0.05) is 0 Å². The number of rotatable bonds is 12. The maximum Gasteiger partial charge on any atom is 0.187 e. The van der Waals surface area contributed by atoms with E-state index in [2.05, 4.69) is 0 Å². The second-order valence-electron chi connectivity index (χ2n) is 16.3. The van der Waals surface area contributed by atoms with Crippen molar-refractivity contribution < 1.29 is 134 Å². The largest absolute Gasteiger partial charge is 0.394 e. The van der Waals surface area contributed by atoms with E-state index in [0.717, 1.165) is 0 Å². The van der Waals surface area contributed by atoms with Crippen molar-refractivity contribution in [3.8, 4) is 0 Å². The maximum absolute atomic E-state index is 11.9. The minimum Gasteiger partial charge on any atom is -0.394 e. The van der Waals surface area contributed by atoms with Crippen LogP contribution in [0.3, 0.4) is 0 Å². The molecule has 0 amide bonds. The van der Waals surface area contributed by atoms with Crippen LogP contribution in [0.15, 0.2) is 0 Å². The van der Waals surface area contributed by atoms with Gasteiger partial charge < -0.3 is 134 Å². The summed E-state index contributed by atoms with van der Waals surface area (Å²) in [6, 6.07) is 0.